The van der Waals surface area contributed by atoms with Gasteiger partial charge < -0.3 is 14.6 Å². The van der Waals surface area contributed by atoms with Crippen molar-refractivity contribution in [1.82, 2.24) is 15.2 Å². The number of aromatic nitrogens is 1. The van der Waals surface area contributed by atoms with Crippen molar-refractivity contribution in [3.05, 3.63) is 65.9 Å². The number of furan rings is 1. The van der Waals surface area contributed by atoms with Gasteiger partial charge in [-0.25, -0.2) is 4.39 Å². The molecule has 7 heteroatoms. The summed E-state index contributed by atoms with van der Waals surface area (Å²) in [5.74, 6) is -0.582. The third-order valence-corrected chi connectivity index (χ3v) is 6.09. The third-order valence-electron chi connectivity index (χ3n) is 6.09. The number of carbonyl (C=O) groups excluding carboxylic acids is 2. The molecule has 3 fully saturated rings. The van der Waals surface area contributed by atoms with Crippen molar-refractivity contribution >= 4 is 22.8 Å². The van der Waals surface area contributed by atoms with E-state index in [1.807, 2.05) is 17.0 Å². The van der Waals surface area contributed by atoms with Crippen LogP contribution in [0.15, 0.2) is 53.4 Å². The Kier molecular flexibility index (Phi) is 4.12. The van der Waals surface area contributed by atoms with Crippen molar-refractivity contribution in [1.29, 1.82) is 0 Å². The first-order valence-electron chi connectivity index (χ1n) is 9.68. The summed E-state index contributed by atoms with van der Waals surface area (Å²) in [4.78, 5) is 31.4. The summed E-state index contributed by atoms with van der Waals surface area (Å²) in [5, 5.41) is 3.52. The predicted molar refractivity (Wildman–Crippen MR) is 104 cm³/mol. The van der Waals surface area contributed by atoms with Crippen LogP contribution in [0.5, 0.6) is 0 Å². The first-order chi connectivity index (χ1) is 14.0. The molecular weight excluding hydrogens is 373 g/mol. The molecule has 0 atom stereocenters. The van der Waals surface area contributed by atoms with Crippen molar-refractivity contribution in [3.63, 3.8) is 0 Å². The molecule has 1 N–H and O–H groups in total. The standard InChI is InChI=1S/C22H20FN3O3/c23-18-8-19-16(3-5-29-19)7-17(18)21(28)25-13-22-9-15(10-22)12-26(22)20(27)6-14-2-1-4-24-11-14/h1-5,7-8,11,15H,6,9-10,12-13H2,(H,25,28). The fraction of sp³-hybridized carbons (Fsp3) is 0.318. The van der Waals surface area contributed by atoms with Gasteiger partial charge in [0.25, 0.3) is 5.91 Å². The average molecular weight is 393 g/mol. The first-order valence-corrected chi connectivity index (χ1v) is 9.68. The summed E-state index contributed by atoms with van der Waals surface area (Å²) in [5.41, 5.74) is 0.895. The maximum absolute atomic E-state index is 14.3. The summed E-state index contributed by atoms with van der Waals surface area (Å²) in [7, 11) is 0. The zero-order chi connectivity index (χ0) is 20.0. The van der Waals surface area contributed by atoms with Crippen molar-refractivity contribution < 1.29 is 18.4 Å². The Hall–Kier alpha value is -3.22. The van der Waals surface area contributed by atoms with Crippen molar-refractivity contribution in [3.8, 4) is 0 Å². The van der Waals surface area contributed by atoms with E-state index in [4.69, 9.17) is 4.42 Å². The fourth-order valence-corrected chi connectivity index (χ4v) is 4.69. The van der Waals surface area contributed by atoms with Crippen molar-refractivity contribution in [2.45, 2.75) is 24.8 Å². The highest BCUT2D eigenvalue weighted by Crippen LogP contribution is 2.50. The van der Waals surface area contributed by atoms with Gasteiger partial charge in [0.2, 0.25) is 5.91 Å². The maximum atomic E-state index is 14.3. The largest absolute Gasteiger partial charge is 0.464 e. The number of carbonyl (C=O) groups is 2. The summed E-state index contributed by atoms with van der Waals surface area (Å²) in [6.07, 6.45) is 6.87. The van der Waals surface area contributed by atoms with Crippen molar-refractivity contribution in [2.75, 3.05) is 13.1 Å². The number of nitrogens with one attached hydrogen (secondary N) is 1. The van der Waals surface area contributed by atoms with Gasteiger partial charge in [0, 0.05) is 36.9 Å². The predicted octanol–water partition coefficient (Wildman–Crippen LogP) is 2.93. The lowest BCUT2D eigenvalue weighted by Gasteiger charge is -2.42. The highest BCUT2D eigenvalue weighted by molar-refractivity contribution is 5.98. The molecule has 1 aromatic carbocycles. The topological polar surface area (TPSA) is 75.4 Å². The van der Waals surface area contributed by atoms with Gasteiger partial charge in [-0.05, 0) is 42.5 Å². The van der Waals surface area contributed by atoms with Gasteiger partial charge in [-0.1, -0.05) is 6.07 Å². The van der Waals surface area contributed by atoms with E-state index in [1.54, 1.807) is 18.5 Å². The molecule has 4 heterocycles. The Morgan fingerprint density at radius 1 is 1.31 bits per heavy atom. The van der Waals surface area contributed by atoms with Crippen LogP contribution >= 0.6 is 0 Å². The Balaban J connectivity index is 1.28. The molecule has 29 heavy (non-hydrogen) atoms. The molecule has 0 unspecified atom stereocenters. The number of amides is 2. The minimum Gasteiger partial charge on any atom is -0.464 e. The normalized spacial score (nSPS) is 22.5. The zero-order valence-corrected chi connectivity index (χ0v) is 15.7. The molecule has 6 rings (SSSR count). The van der Waals surface area contributed by atoms with Gasteiger partial charge in [-0.3, -0.25) is 14.6 Å². The second kappa shape index (κ2) is 6.69. The lowest BCUT2D eigenvalue weighted by atomic mass is 9.73. The van der Waals surface area contributed by atoms with E-state index in [0.717, 1.165) is 18.4 Å². The van der Waals surface area contributed by atoms with Gasteiger partial charge >= 0.3 is 0 Å². The molecule has 1 aliphatic carbocycles. The van der Waals surface area contributed by atoms with E-state index in [0.29, 0.717) is 36.4 Å². The molecule has 3 aliphatic rings. The summed E-state index contributed by atoms with van der Waals surface area (Å²) in [6.45, 7) is 1.04. The lowest BCUT2D eigenvalue weighted by molar-refractivity contribution is -0.134. The molecule has 2 aliphatic heterocycles. The molecule has 3 aromatic rings. The van der Waals surface area contributed by atoms with E-state index in [1.165, 1.54) is 18.4 Å². The molecule has 148 valence electrons. The zero-order valence-electron chi connectivity index (χ0n) is 15.7. The summed E-state index contributed by atoms with van der Waals surface area (Å²) in [6, 6.07) is 8.10. The van der Waals surface area contributed by atoms with E-state index in [-0.39, 0.29) is 17.0 Å². The minimum atomic E-state index is -0.620. The molecule has 2 aromatic heterocycles. The van der Waals surface area contributed by atoms with E-state index in [9.17, 15) is 14.0 Å². The maximum Gasteiger partial charge on any atom is 0.254 e. The van der Waals surface area contributed by atoms with Crippen molar-refractivity contribution in [2.24, 2.45) is 5.92 Å². The molecule has 0 spiro atoms. The highest BCUT2D eigenvalue weighted by Gasteiger charge is 2.57. The number of hydrogen-bond donors (Lipinski definition) is 1. The van der Waals surface area contributed by atoms with Crippen LogP contribution in [0, 0.1) is 11.7 Å². The Labute approximate surface area is 166 Å². The van der Waals surface area contributed by atoms with Gasteiger partial charge in [0.05, 0.1) is 23.8 Å². The fourth-order valence-electron chi connectivity index (χ4n) is 4.69. The van der Waals surface area contributed by atoms with Gasteiger partial charge in [-0.15, -0.1) is 0 Å². The van der Waals surface area contributed by atoms with Crippen LogP contribution in [-0.4, -0.2) is 40.3 Å². The number of fused-ring (bicyclic) bond motifs is 2. The monoisotopic (exact) mass is 393 g/mol. The van der Waals surface area contributed by atoms with E-state index in [2.05, 4.69) is 10.3 Å². The molecule has 1 saturated carbocycles. The molecular formula is C22H20FN3O3. The molecule has 0 radical (unpaired) electrons. The van der Waals surface area contributed by atoms with E-state index < -0.39 is 11.7 Å². The van der Waals surface area contributed by atoms with Gasteiger partial charge in [0.1, 0.15) is 11.4 Å². The van der Waals surface area contributed by atoms with Crippen LogP contribution in [-0.2, 0) is 11.2 Å². The van der Waals surface area contributed by atoms with Crippen LogP contribution in [0.25, 0.3) is 11.0 Å². The average Bonchev–Trinajstić information content (AvgIpc) is 3.38. The third kappa shape index (κ3) is 3.06. The van der Waals surface area contributed by atoms with Crippen LogP contribution in [0.3, 0.4) is 0 Å². The lowest BCUT2D eigenvalue weighted by Crippen LogP contribution is -2.56. The minimum absolute atomic E-state index is 0.0163. The molecule has 2 saturated heterocycles. The van der Waals surface area contributed by atoms with Crippen LogP contribution in [0.1, 0.15) is 28.8 Å². The highest BCUT2D eigenvalue weighted by atomic mass is 19.1. The van der Waals surface area contributed by atoms with Crippen LogP contribution < -0.4 is 5.32 Å². The van der Waals surface area contributed by atoms with Gasteiger partial charge in [-0.2, -0.15) is 0 Å². The quantitative estimate of drug-likeness (QED) is 0.723. The Morgan fingerprint density at radius 2 is 2.17 bits per heavy atom. The number of rotatable bonds is 5. The van der Waals surface area contributed by atoms with Crippen LogP contribution in [0.4, 0.5) is 4.39 Å². The SMILES string of the molecule is O=C(NCC12CC(CN1C(=O)Cc1cccnc1)C2)c1cc2ccoc2cc1F. The Bertz CT molecular complexity index is 1090. The summed E-state index contributed by atoms with van der Waals surface area (Å²) >= 11 is 0. The van der Waals surface area contributed by atoms with E-state index >= 15 is 0 Å². The molecule has 2 amide bonds. The molecule has 2 bridgehead atoms. The molecule has 6 nitrogen and oxygen atoms in total. The van der Waals surface area contributed by atoms with Crippen LogP contribution in [0.2, 0.25) is 0 Å². The van der Waals surface area contributed by atoms with Gasteiger partial charge in [0.15, 0.2) is 0 Å². The second-order valence-corrected chi connectivity index (χ2v) is 8.01. The number of halogens is 1. The number of hydrogen-bond acceptors (Lipinski definition) is 4. The smallest absolute Gasteiger partial charge is 0.254 e. The summed E-state index contributed by atoms with van der Waals surface area (Å²) < 4.78 is 19.5. The number of nitrogens with zero attached hydrogens (tertiary/aromatic N) is 2. The second-order valence-electron chi connectivity index (χ2n) is 8.01. The first kappa shape index (κ1) is 17.8. The number of benzene rings is 1. The number of pyridine rings is 1. The Morgan fingerprint density at radius 3 is 2.97 bits per heavy atom.